The van der Waals surface area contributed by atoms with Crippen molar-refractivity contribution in [2.45, 2.75) is 31.4 Å². The number of hydrogen-bond donors (Lipinski definition) is 2. The van der Waals surface area contributed by atoms with Gasteiger partial charge in [-0.3, -0.25) is 0 Å². The molecule has 1 aliphatic rings. The number of carbonyl (C=O) groups excluding carboxylic acids is 1. The maximum atomic E-state index is 11.2. The van der Waals surface area contributed by atoms with Crippen LogP contribution in [0.25, 0.3) is 0 Å². The third-order valence-corrected chi connectivity index (χ3v) is 2.91. The van der Waals surface area contributed by atoms with Gasteiger partial charge in [0.2, 0.25) is 0 Å². The molecule has 1 fully saturated rings. The molecule has 0 aliphatic heterocycles. The first-order chi connectivity index (χ1) is 7.47. The van der Waals surface area contributed by atoms with Crippen LogP contribution in [0.4, 0.5) is 0 Å². The zero-order valence-corrected chi connectivity index (χ0v) is 10.3. The molecule has 0 radical (unpaired) electrons. The van der Waals surface area contributed by atoms with E-state index in [0.717, 1.165) is 19.1 Å². The van der Waals surface area contributed by atoms with Gasteiger partial charge in [0, 0.05) is 25.7 Å². The third-order valence-electron chi connectivity index (χ3n) is 2.91. The molecular weight excluding hydrogens is 208 g/mol. The SMILES string of the molecule is COC(=O)C(C)(O)CNCCN(C)C1CC1. The molecule has 94 valence electrons. The van der Waals surface area contributed by atoms with Crippen LogP contribution in [0, 0.1) is 0 Å². The van der Waals surface area contributed by atoms with E-state index in [4.69, 9.17) is 0 Å². The Bertz CT molecular complexity index is 239. The van der Waals surface area contributed by atoms with Crippen LogP contribution in [0.1, 0.15) is 19.8 Å². The molecule has 1 rings (SSSR count). The molecule has 0 aromatic carbocycles. The Morgan fingerprint density at radius 1 is 1.62 bits per heavy atom. The quantitative estimate of drug-likeness (QED) is 0.460. The number of methoxy groups -OCH3 is 1. The number of hydrogen-bond acceptors (Lipinski definition) is 5. The molecular formula is C11H22N2O3. The summed E-state index contributed by atoms with van der Waals surface area (Å²) < 4.78 is 4.50. The van der Waals surface area contributed by atoms with Crippen molar-refractivity contribution in [2.75, 3.05) is 33.8 Å². The molecule has 0 amide bonds. The molecule has 0 saturated heterocycles. The van der Waals surface area contributed by atoms with Crippen LogP contribution in [-0.4, -0.2) is 61.4 Å². The van der Waals surface area contributed by atoms with Gasteiger partial charge in [-0.15, -0.1) is 0 Å². The first kappa shape index (κ1) is 13.4. The molecule has 2 N–H and O–H groups in total. The molecule has 5 nitrogen and oxygen atoms in total. The van der Waals surface area contributed by atoms with Crippen LogP contribution < -0.4 is 5.32 Å². The molecule has 0 heterocycles. The van der Waals surface area contributed by atoms with E-state index in [0.29, 0.717) is 0 Å². The molecule has 0 bridgehead atoms. The van der Waals surface area contributed by atoms with E-state index in [1.54, 1.807) is 0 Å². The number of aliphatic hydroxyl groups is 1. The van der Waals surface area contributed by atoms with E-state index in [1.165, 1.54) is 26.9 Å². The lowest BCUT2D eigenvalue weighted by molar-refractivity contribution is -0.159. The third kappa shape index (κ3) is 4.08. The Balaban J connectivity index is 2.11. The van der Waals surface area contributed by atoms with Gasteiger partial charge in [-0.2, -0.15) is 0 Å². The summed E-state index contributed by atoms with van der Waals surface area (Å²) in [6.07, 6.45) is 2.58. The molecule has 0 aromatic rings. The minimum Gasteiger partial charge on any atom is -0.467 e. The van der Waals surface area contributed by atoms with Crippen molar-refractivity contribution in [1.82, 2.24) is 10.2 Å². The van der Waals surface area contributed by atoms with Crippen molar-refractivity contribution < 1.29 is 14.6 Å². The van der Waals surface area contributed by atoms with E-state index in [1.807, 2.05) is 0 Å². The second-order valence-corrected chi connectivity index (χ2v) is 4.65. The summed E-state index contributed by atoms with van der Waals surface area (Å²) in [5.74, 6) is -0.601. The minimum absolute atomic E-state index is 0.220. The Morgan fingerprint density at radius 2 is 2.25 bits per heavy atom. The maximum Gasteiger partial charge on any atom is 0.338 e. The van der Waals surface area contributed by atoms with Crippen molar-refractivity contribution >= 4 is 5.97 Å². The highest BCUT2D eigenvalue weighted by molar-refractivity contribution is 5.78. The number of nitrogens with zero attached hydrogens (tertiary/aromatic N) is 1. The van der Waals surface area contributed by atoms with Crippen molar-refractivity contribution in [1.29, 1.82) is 0 Å². The monoisotopic (exact) mass is 230 g/mol. The Morgan fingerprint density at radius 3 is 2.75 bits per heavy atom. The first-order valence-electron chi connectivity index (χ1n) is 5.69. The second-order valence-electron chi connectivity index (χ2n) is 4.65. The van der Waals surface area contributed by atoms with Crippen molar-refractivity contribution in [3.05, 3.63) is 0 Å². The summed E-state index contributed by atoms with van der Waals surface area (Å²) in [4.78, 5) is 13.4. The van der Waals surface area contributed by atoms with Gasteiger partial charge in [-0.1, -0.05) is 0 Å². The molecule has 16 heavy (non-hydrogen) atoms. The highest BCUT2D eigenvalue weighted by Gasteiger charge is 2.31. The van der Waals surface area contributed by atoms with Crippen LogP contribution in [0.2, 0.25) is 0 Å². The van der Waals surface area contributed by atoms with Gasteiger partial charge in [0.25, 0.3) is 0 Å². The Hall–Kier alpha value is -0.650. The topological polar surface area (TPSA) is 61.8 Å². The second kappa shape index (κ2) is 5.61. The number of likely N-dealkylation sites (N-methyl/N-ethyl adjacent to an activating group) is 1. The summed E-state index contributed by atoms with van der Waals surface area (Å²) in [7, 11) is 3.37. The van der Waals surface area contributed by atoms with Crippen LogP contribution >= 0.6 is 0 Å². The van der Waals surface area contributed by atoms with Gasteiger partial charge >= 0.3 is 5.97 Å². The summed E-state index contributed by atoms with van der Waals surface area (Å²) in [5, 5.41) is 12.8. The van der Waals surface area contributed by atoms with Crippen molar-refractivity contribution in [3.8, 4) is 0 Å². The molecule has 0 spiro atoms. The average molecular weight is 230 g/mol. The molecule has 1 aliphatic carbocycles. The zero-order chi connectivity index (χ0) is 12.2. The van der Waals surface area contributed by atoms with E-state index < -0.39 is 11.6 Å². The Labute approximate surface area is 96.8 Å². The molecule has 0 aromatic heterocycles. The van der Waals surface area contributed by atoms with Gasteiger partial charge < -0.3 is 20.1 Å². The average Bonchev–Trinajstić information content (AvgIpc) is 3.06. The number of ether oxygens (including phenoxy) is 1. The van der Waals surface area contributed by atoms with E-state index in [2.05, 4.69) is 22.0 Å². The summed E-state index contributed by atoms with van der Waals surface area (Å²) in [5.41, 5.74) is -1.44. The van der Waals surface area contributed by atoms with Crippen LogP contribution in [0.15, 0.2) is 0 Å². The number of esters is 1. The minimum atomic E-state index is -1.44. The summed E-state index contributed by atoms with van der Waals surface area (Å²) in [6, 6.07) is 0.739. The Kier molecular flexibility index (Phi) is 4.70. The highest BCUT2D eigenvalue weighted by atomic mass is 16.5. The fourth-order valence-corrected chi connectivity index (χ4v) is 1.58. The van der Waals surface area contributed by atoms with Crippen molar-refractivity contribution in [2.24, 2.45) is 0 Å². The fraction of sp³-hybridized carbons (Fsp3) is 0.909. The smallest absolute Gasteiger partial charge is 0.338 e. The van der Waals surface area contributed by atoms with Gasteiger partial charge in [0.1, 0.15) is 0 Å². The van der Waals surface area contributed by atoms with E-state index in [9.17, 15) is 9.90 Å². The highest BCUT2D eigenvalue weighted by Crippen LogP contribution is 2.24. The van der Waals surface area contributed by atoms with E-state index >= 15 is 0 Å². The predicted molar refractivity (Wildman–Crippen MR) is 61.2 cm³/mol. The fourth-order valence-electron chi connectivity index (χ4n) is 1.58. The normalized spacial score (nSPS) is 19.6. The van der Waals surface area contributed by atoms with Crippen LogP contribution in [-0.2, 0) is 9.53 Å². The molecule has 1 atom stereocenters. The lowest BCUT2D eigenvalue weighted by Crippen LogP contribution is -2.47. The van der Waals surface area contributed by atoms with Crippen molar-refractivity contribution in [3.63, 3.8) is 0 Å². The van der Waals surface area contributed by atoms with Gasteiger partial charge in [0.15, 0.2) is 5.60 Å². The van der Waals surface area contributed by atoms with Gasteiger partial charge in [0.05, 0.1) is 7.11 Å². The lowest BCUT2D eigenvalue weighted by atomic mass is 10.1. The number of carbonyl (C=O) groups is 1. The number of nitrogens with one attached hydrogen (secondary N) is 1. The lowest BCUT2D eigenvalue weighted by Gasteiger charge is -2.22. The molecule has 1 unspecified atom stereocenters. The van der Waals surface area contributed by atoms with Crippen LogP contribution in [0.5, 0.6) is 0 Å². The van der Waals surface area contributed by atoms with Gasteiger partial charge in [-0.05, 0) is 26.8 Å². The molecule has 5 heteroatoms. The van der Waals surface area contributed by atoms with Crippen LogP contribution in [0.3, 0.4) is 0 Å². The zero-order valence-electron chi connectivity index (χ0n) is 10.3. The summed E-state index contributed by atoms with van der Waals surface area (Å²) in [6.45, 7) is 3.37. The maximum absolute atomic E-state index is 11.2. The molecule has 1 saturated carbocycles. The number of rotatable bonds is 7. The van der Waals surface area contributed by atoms with Gasteiger partial charge in [-0.25, -0.2) is 4.79 Å². The van der Waals surface area contributed by atoms with E-state index in [-0.39, 0.29) is 6.54 Å². The largest absolute Gasteiger partial charge is 0.467 e. The standard InChI is InChI=1S/C11H22N2O3/c1-11(15,10(14)16-3)8-12-6-7-13(2)9-4-5-9/h9,12,15H,4-8H2,1-3H3. The summed E-state index contributed by atoms with van der Waals surface area (Å²) >= 11 is 0. The first-order valence-corrected chi connectivity index (χ1v) is 5.69. The predicted octanol–water partition coefficient (Wildman–Crippen LogP) is -0.406.